The van der Waals surface area contributed by atoms with Gasteiger partial charge in [0, 0.05) is 6.08 Å². The van der Waals surface area contributed by atoms with Gasteiger partial charge in [-0.2, -0.15) is 0 Å². The Morgan fingerprint density at radius 3 is 1.33 bits per heavy atom. The van der Waals surface area contributed by atoms with E-state index in [1.807, 2.05) is 0 Å². The molecule has 0 saturated carbocycles. The Balaban J connectivity index is 0.000000269. The van der Waals surface area contributed by atoms with Gasteiger partial charge >= 0.3 is 148 Å². The van der Waals surface area contributed by atoms with E-state index in [0.717, 1.165) is 0 Å². The molecule has 3 aromatic rings. The molecule has 30 heavy (non-hydrogen) atoms. The number of quaternary nitrogens is 1. The summed E-state index contributed by atoms with van der Waals surface area (Å²) in [5.41, 5.74) is 4.55. The Bertz CT molecular complexity index is 857. The summed E-state index contributed by atoms with van der Waals surface area (Å²) >= 11 is -1.56. The molecule has 1 heterocycles. The zero-order valence-electron chi connectivity index (χ0n) is 16.9. The van der Waals surface area contributed by atoms with Gasteiger partial charge in [-0.3, -0.25) is 5.06 Å². The molecule has 0 saturated heterocycles. The third-order valence-electron chi connectivity index (χ3n) is 4.74. The van der Waals surface area contributed by atoms with Crippen LogP contribution >= 0.6 is 0 Å². The zero-order chi connectivity index (χ0) is 21.0. The van der Waals surface area contributed by atoms with Gasteiger partial charge in [-0.1, -0.05) is 0 Å². The molecule has 0 bridgehead atoms. The number of amides is 1. The first-order valence-electron chi connectivity index (χ1n) is 10.1. The van der Waals surface area contributed by atoms with Crippen molar-refractivity contribution in [3.8, 4) is 0 Å². The van der Waals surface area contributed by atoms with Crippen LogP contribution < -0.4 is 5.06 Å². The fraction of sp³-hybridized carbons (Fsp3) is 0.115. The second-order valence-corrected chi connectivity index (χ2v) is 13.5. The van der Waals surface area contributed by atoms with Crippen LogP contribution in [0.4, 0.5) is 0 Å². The van der Waals surface area contributed by atoms with Gasteiger partial charge < -0.3 is 5.21 Å². The number of benzene rings is 3. The molecule has 1 aliphatic rings. The average Bonchev–Trinajstić information content (AvgIpc) is 2.78. The fourth-order valence-corrected chi connectivity index (χ4v) is 10.2. The Morgan fingerprint density at radius 1 is 0.633 bits per heavy atom. The van der Waals surface area contributed by atoms with E-state index in [1.165, 1.54) is 41.4 Å². The van der Waals surface area contributed by atoms with Gasteiger partial charge in [-0.25, -0.2) is 4.79 Å². The van der Waals surface area contributed by atoms with Gasteiger partial charge in [0.15, 0.2) is 0 Å². The predicted octanol–water partition coefficient (Wildman–Crippen LogP) is 4.18. The van der Waals surface area contributed by atoms with E-state index >= 15 is 0 Å². The summed E-state index contributed by atoms with van der Waals surface area (Å²) in [6.07, 6.45) is 5.60. The minimum absolute atomic E-state index is 0.437. The summed E-state index contributed by atoms with van der Waals surface area (Å²) in [5, 5.41) is 9.87. The van der Waals surface area contributed by atoms with Crippen molar-refractivity contribution in [3.63, 3.8) is 0 Å². The standard InChI is InChI=1S/3C7H7.C5H5NO2.Zr/c3*1-7-5-3-2-4-6-7;7-5-3-1-2-4-6(5)8;/h3*2-6H,1H2;1-4,6H;. The first kappa shape index (κ1) is 22.3. The van der Waals surface area contributed by atoms with Gasteiger partial charge in [-0.15, -0.1) is 0 Å². The number of allylic oxidation sites excluding steroid dienone is 2. The SMILES string of the molecule is O=C1C=CC=C[NH+]1[O-].c1ccc([CH2][Zr]([CH2]c2ccccc2)[CH2]c2ccccc2)cc1. The van der Waals surface area contributed by atoms with E-state index in [9.17, 15) is 10.0 Å². The van der Waals surface area contributed by atoms with Crippen LogP contribution in [0.2, 0.25) is 0 Å². The molecule has 1 N–H and O–H groups in total. The van der Waals surface area contributed by atoms with E-state index < -0.39 is 32.7 Å². The van der Waals surface area contributed by atoms with Crippen LogP contribution in [0.3, 0.4) is 0 Å². The molecule has 0 spiro atoms. The van der Waals surface area contributed by atoms with Gasteiger partial charge in [0.2, 0.25) is 0 Å². The first-order valence-corrected chi connectivity index (χ1v) is 15.3. The second-order valence-electron chi connectivity index (χ2n) is 7.18. The van der Waals surface area contributed by atoms with Gasteiger partial charge in [-0.05, 0) is 12.2 Å². The van der Waals surface area contributed by atoms with Crippen LogP contribution in [0.5, 0.6) is 0 Å². The number of nitrogens with one attached hydrogen (secondary N) is 1. The van der Waals surface area contributed by atoms with Crippen molar-refractivity contribution in [2.24, 2.45) is 0 Å². The van der Waals surface area contributed by atoms with Crippen molar-refractivity contribution in [1.29, 1.82) is 0 Å². The zero-order valence-corrected chi connectivity index (χ0v) is 19.4. The van der Waals surface area contributed by atoms with Crippen LogP contribution in [0.1, 0.15) is 16.7 Å². The maximum atomic E-state index is 10.3. The number of hydrogen-bond acceptors (Lipinski definition) is 2. The van der Waals surface area contributed by atoms with E-state index in [0.29, 0.717) is 0 Å². The van der Waals surface area contributed by atoms with Crippen LogP contribution in [0, 0.1) is 5.21 Å². The summed E-state index contributed by atoms with van der Waals surface area (Å²) in [6, 6.07) is 33.1. The molecule has 4 rings (SSSR count). The van der Waals surface area contributed by atoms with Crippen LogP contribution in [-0.4, -0.2) is 5.91 Å². The van der Waals surface area contributed by atoms with E-state index in [-0.39, 0.29) is 0 Å². The molecule has 0 aromatic heterocycles. The molecule has 151 valence electrons. The first-order chi connectivity index (χ1) is 14.7. The molecule has 1 atom stereocenters. The maximum absolute atomic E-state index is 10.3. The molecule has 1 aliphatic heterocycles. The molecule has 0 aliphatic carbocycles. The fourth-order valence-electron chi connectivity index (χ4n) is 3.29. The molecular weight excluding hydrogens is 450 g/mol. The number of hydrogen-bond donors (Lipinski definition) is 1. The third kappa shape index (κ3) is 7.80. The summed E-state index contributed by atoms with van der Waals surface area (Å²) < 4.78 is 3.98. The summed E-state index contributed by atoms with van der Waals surface area (Å²) in [4.78, 5) is 10.3. The minimum atomic E-state index is -1.56. The summed E-state index contributed by atoms with van der Waals surface area (Å²) in [7, 11) is 0. The molecule has 1 unspecified atom stereocenters. The second kappa shape index (κ2) is 12.3. The number of rotatable bonds is 6. The van der Waals surface area contributed by atoms with E-state index in [2.05, 4.69) is 91.0 Å². The monoisotopic (exact) mass is 474 g/mol. The van der Waals surface area contributed by atoms with Crippen LogP contribution in [0.15, 0.2) is 115 Å². The summed E-state index contributed by atoms with van der Waals surface area (Å²) in [6.45, 7) is 0. The van der Waals surface area contributed by atoms with E-state index in [4.69, 9.17) is 0 Å². The molecule has 3 nitrogen and oxygen atoms in total. The van der Waals surface area contributed by atoms with Crippen molar-refractivity contribution in [2.45, 2.75) is 12.4 Å². The van der Waals surface area contributed by atoms with E-state index in [1.54, 1.807) is 12.2 Å². The Labute approximate surface area is 186 Å². The van der Waals surface area contributed by atoms with Crippen molar-refractivity contribution in [2.75, 3.05) is 0 Å². The normalized spacial score (nSPS) is 14.7. The van der Waals surface area contributed by atoms with Crippen molar-refractivity contribution in [1.82, 2.24) is 0 Å². The third-order valence-corrected chi connectivity index (χ3v) is 11.4. The van der Waals surface area contributed by atoms with Crippen molar-refractivity contribution < 1.29 is 31.6 Å². The molecular formula is C26H26NO2Zr. The quantitative estimate of drug-likeness (QED) is 0.544. The number of carbonyl (C=O) groups is 1. The van der Waals surface area contributed by atoms with Crippen molar-refractivity contribution >= 4 is 5.91 Å². The Kier molecular flexibility index (Phi) is 9.17. The number of carbonyl (C=O) groups excluding carboxylic acids is 1. The van der Waals surface area contributed by atoms with Gasteiger partial charge in [0.05, 0.1) is 0 Å². The van der Waals surface area contributed by atoms with Crippen LogP contribution in [-0.2, 0) is 38.9 Å². The van der Waals surface area contributed by atoms with Gasteiger partial charge in [0.1, 0.15) is 6.20 Å². The molecule has 4 heteroatoms. The topological polar surface area (TPSA) is 44.6 Å². The molecule has 1 amide bonds. The van der Waals surface area contributed by atoms with Crippen LogP contribution in [0.25, 0.3) is 0 Å². The Morgan fingerprint density at radius 2 is 1.03 bits per heavy atom. The molecule has 3 aromatic carbocycles. The summed E-state index contributed by atoms with van der Waals surface area (Å²) in [5.74, 6) is -0.437. The van der Waals surface area contributed by atoms with Crippen molar-refractivity contribution in [3.05, 3.63) is 137 Å². The Hall–Kier alpha value is -2.39. The van der Waals surface area contributed by atoms with Gasteiger partial charge in [0.25, 0.3) is 0 Å². The number of hydroxylamine groups is 2. The molecule has 0 fully saturated rings. The predicted molar refractivity (Wildman–Crippen MR) is 118 cm³/mol. The average molecular weight is 476 g/mol. The molecule has 0 radical (unpaired) electrons.